The lowest BCUT2D eigenvalue weighted by Gasteiger charge is -2.36. The summed E-state index contributed by atoms with van der Waals surface area (Å²) in [6.45, 7) is 4.82. The number of para-hydroxylation sites is 1. The smallest absolute Gasteiger partial charge is 0.289 e. The Morgan fingerprint density at radius 3 is 2.48 bits per heavy atom. The van der Waals surface area contributed by atoms with Crippen molar-refractivity contribution >= 4 is 35.8 Å². The topological polar surface area (TPSA) is 73.6 Å². The second-order valence-electron chi connectivity index (χ2n) is 7.42. The molecule has 1 aromatic heterocycles. The van der Waals surface area contributed by atoms with E-state index < -0.39 is 0 Å². The molecule has 0 radical (unpaired) electrons. The number of hydrogen-bond acceptors (Lipinski definition) is 5. The molecule has 1 aromatic carbocycles. The molecule has 170 valence electrons. The highest BCUT2D eigenvalue weighted by Crippen LogP contribution is 2.18. The molecule has 9 heteroatoms. The Balaban J connectivity index is 0.00000341. The average Bonchev–Trinajstić information content (AvgIpc) is 3.30. The van der Waals surface area contributed by atoms with E-state index in [1.54, 1.807) is 19.2 Å². The normalized spacial score (nSPS) is 14.4. The predicted molar refractivity (Wildman–Crippen MR) is 132 cm³/mol. The van der Waals surface area contributed by atoms with E-state index in [2.05, 4.69) is 26.2 Å². The average molecular weight is 541 g/mol. The standard InChI is InChI=1S/C22H31N5O3.HI/c1-23-22(24-17-18-7-4-5-8-19(18)30-16-14-25(2)3)27-12-10-26(11-13-27)21(28)20-9-6-15-29-20;/h4-9,15H,10-14,16-17H2,1-3H3,(H,23,24);1H. The Morgan fingerprint density at radius 1 is 1.13 bits per heavy atom. The zero-order valence-corrected chi connectivity index (χ0v) is 20.7. The Kier molecular flexibility index (Phi) is 10.1. The molecule has 3 rings (SSSR count). The van der Waals surface area contributed by atoms with E-state index >= 15 is 0 Å². The summed E-state index contributed by atoms with van der Waals surface area (Å²) in [6.07, 6.45) is 1.53. The van der Waals surface area contributed by atoms with Gasteiger partial charge in [-0.1, -0.05) is 18.2 Å². The van der Waals surface area contributed by atoms with Crippen LogP contribution in [0.2, 0.25) is 0 Å². The van der Waals surface area contributed by atoms with Crippen molar-refractivity contribution in [2.75, 3.05) is 60.5 Å². The van der Waals surface area contributed by atoms with Gasteiger partial charge in [-0.05, 0) is 32.3 Å². The van der Waals surface area contributed by atoms with Crippen LogP contribution >= 0.6 is 24.0 Å². The first-order valence-electron chi connectivity index (χ1n) is 10.2. The minimum Gasteiger partial charge on any atom is -0.492 e. The van der Waals surface area contributed by atoms with Gasteiger partial charge in [-0.15, -0.1) is 24.0 Å². The Hall–Kier alpha value is -2.27. The molecular formula is C22H32IN5O3. The molecule has 0 spiro atoms. The SMILES string of the molecule is CN=C(NCc1ccccc1OCCN(C)C)N1CCN(C(=O)c2ccco2)CC1.I. The minimum absolute atomic E-state index is 0. The molecule has 1 saturated heterocycles. The number of amides is 1. The maximum Gasteiger partial charge on any atom is 0.289 e. The second kappa shape index (κ2) is 12.6. The van der Waals surface area contributed by atoms with Crippen LogP contribution < -0.4 is 10.1 Å². The Bertz CT molecular complexity index is 833. The number of hydrogen-bond donors (Lipinski definition) is 1. The van der Waals surface area contributed by atoms with Gasteiger partial charge < -0.3 is 29.2 Å². The van der Waals surface area contributed by atoms with Crippen molar-refractivity contribution < 1.29 is 13.9 Å². The van der Waals surface area contributed by atoms with Gasteiger partial charge in [0.05, 0.1) is 6.26 Å². The van der Waals surface area contributed by atoms with Crippen molar-refractivity contribution in [2.45, 2.75) is 6.54 Å². The van der Waals surface area contributed by atoms with Crippen molar-refractivity contribution in [1.82, 2.24) is 20.0 Å². The fraction of sp³-hybridized carbons (Fsp3) is 0.455. The summed E-state index contributed by atoms with van der Waals surface area (Å²) in [5, 5.41) is 3.43. The molecule has 2 heterocycles. The number of carbonyl (C=O) groups is 1. The fourth-order valence-electron chi connectivity index (χ4n) is 3.31. The van der Waals surface area contributed by atoms with Gasteiger partial charge in [0.25, 0.3) is 5.91 Å². The third kappa shape index (κ3) is 7.13. The number of piperazine rings is 1. The first-order valence-corrected chi connectivity index (χ1v) is 10.2. The number of likely N-dealkylation sites (N-methyl/N-ethyl adjacent to an activating group) is 1. The fourth-order valence-corrected chi connectivity index (χ4v) is 3.31. The molecule has 1 aliphatic rings. The zero-order chi connectivity index (χ0) is 21.3. The molecule has 0 bridgehead atoms. The van der Waals surface area contributed by atoms with E-state index in [-0.39, 0.29) is 29.9 Å². The van der Waals surface area contributed by atoms with E-state index in [4.69, 9.17) is 9.15 Å². The van der Waals surface area contributed by atoms with E-state index in [0.717, 1.165) is 23.8 Å². The number of furan rings is 1. The number of aliphatic imine (C=N–C) groups is 1. The molecule has 8 nitrogen and oxygen atoms in total. The lowest BCUT2D eigenvalue weighted by molar-refractivity contribution is 0.0657. The van der Waals surface area contributed by atoms with Crippen LogP contribution in [-0.2, 0) is 6.54 Å². The molecule has 0 saturated carbocycles. The van der Waals surface area contributed by atoms with Crippen molar-refractivity contribution in [3.05, 3.63) is 54.0 Å². The molecule has 0 atom stereocenters. The Morgan fingerprint density at radius 2 is 1.84 bits per heavy atom. The van der Waals surface area contributed by atoms with Crippen LogP contribution in [0.3, 0.4) is 0 Å². The first kappa shape index (κ1) is 25.0. The summed E-state index contributed by atoms with van der Waals surface area (Å²) < 4.78 is 11.2. The largest absolute Gasteiger partial charge is 0.492 e. The third-order valence-electron chi connectivity index (χ3n) is 5.02. The van der Waals surface area contributed by atoms with Gasteiger partial charge in [-0.2, -0.15) is 0 Å². The predicted octanol–water partition coefficient (Wildman–Crippen LogP) is 2.37. The van der Waals surface area contributed by atoms with Gasteiger partial charge in [-0.25, -0.2) is 0 Å². The van der Waals surface area contributed by atoms with Crippen LogP contribution in [0.25, 0.3) is 0 Å². The minimum atomic E-state index is -0.0635. The van der Waals surface area contributed by atoms with Crippen molar-refractivity contribution in [2.24, 2.45) is 4.99 Å². The monoisotopic (exact) mass is 541 g/mol. The molecule has 2 aromatic rings. The van der Waals surface area contributed by atoms with E-state index in [1.165, 1.54) is 6.26 Å². The zero-order valence-electron chi connectivity index (χ0n) is 18.4. The second-order valence-corrected chi connectivity index (χ2v) is 7.42. The number of nitrogens with one attached hydrogen (secondary N) is 1. The maximum atomic E-state index is 12.4. The van der Waals surface area contributed by atoms with E-state index in [1.807, 2.05) is 37.2 Å². The highest BCUT2D eigenvalue weighted by atomic mass is 127. The summed E-state index contributed by atoms with van der Waals surface area (Å²) in [5.41, 5.74) is 1.09. The van der Waals surface area contributed by atoms with Gasteiger partial charge in [0.1, 0.15) is 12.4 Å². The highest BCUT2D eigenvalue weighted by molar-refractivity contribution is 14.0. The van der Waals surface area contributed by atoms with Gasteiger partial charge in [-0.3, -0.25) is 9.79 Å². The van der Waals surface area contributed by atoms with Crippen LogP contribution in [0.15, 0.2) is 52.1 Å². The number of halogens is 1. The molecule has 1 aliphatic heterocycles. The van der Waals surface area contributed by atoms with Crippen LogP contribution in [0.5, 0.6) is 5.75 Å². The van der Waals surface area contributed by atoms with Gasteiger partial charge in [0, 0.05) is 51.9 Å². The van der Waals surface area contributed by atoms with Gasteiger partial charge >= 0.3 is 0 Å². The van der Waals surface area contributed by atoms with Crippen LogP contribution in [0, 0.1) is 0 Å². The van der Waals surface area contributed by atoms with E-state index in [9.17, 15) is 4.79 Å². The molecule has 0 aliphatic carbocycles. The molecule has 1 fully saturated rings. The summed E-state index contributed by atoms with van der Waals surface area (Å²) in [4.78, 5) is 22.9. The molecular weight excluding hydrogens is 509 g/mol. The van der Waals surface area contributed by atoms with Gasteiger partial charge in [0.15, 0.2) is 11.7 Å². The van der Waals surface area contributed by atoms with Crippen molar-refractivity contribution in [3.63, 3.8) is 0 Å². The Labute approximate surface area is 201 Å². The number of guanidine groups is 1. The molecule has 1 amide bonds. The summed E-state index contributed by atoms with van der Waals surface area (Å²) >= 11 is 0. The van der Waals surface area contributed by atoms with Crippen molar-refractivity contribution in [3.8, 4) is 5.75 Å². The van der Waals surface area contributed by atoms with E-state index in [0.29, 0.717) is 45.1 Å². The summed E-state index contributed by atoms with van der Waals surface area (Å²) in [6, 6.07) is 11.5. The number of rotatable bonds is 7. The van der Waals surface area contributed by atoms with Gasteiger partial charge in [0.2, 0.25) is 0 Å². The number of carbonyl (C=O) groups excluding carboxylic acids is 1. The highest BCUT2D eigenvalue weighted by Gasteiger charge is 2.25. The molecule has 0 unspecified atom stereocenters. The first-order chi connectivity index (χ1) is 14.6. The quantitative estimate of drug-likeness (QED) is 0.330. The molecule has 31 heavy (non-hydrogen) atoms. The van der Waals surface area contributed by atoms with Crippen LogP contribution in [-0.4, -0.2) is 87.0 Å². The molecule has 1 N–H and O–H groups in total. The number of nitrogens with zero attached hydrogens (tertiary/aromatic N) is 4. The van der Waals surface area contributed by atoms with Crippen LogP contribution in [0.4, 0.5) is 0 Å². The lowest BCUT2D eigenvalue weighted by atomic mass is 10.2. The summed E-state index contributed by atoms with van der Waals surface area (Å²) in [7, 11) is 5.84. The van der Waals surface area contributed by atoms with Crippen molar-refractivity contribution in [1.29, 1.82) is 0 Å². The third-order valence-corrected chi connectivity index (χ3v) is 5.02. The summed E-state index contributed by atoms with van der Waals surface area (Å²) in [5.74, 6) is 2.03. The number of benzene rings is 1. The number of ether oxygens (including phenoxy) is 1. The lowest BCUT2D eigenvalue weighted by Crippen LogP contribution is -2.53. The van der Waals surface area contributed by atoms with Crippen LogP contribution in [0.1, 0.15) is 16.1 Å². The maximum absolute atomic E-state index is 12.4.